The van der Waals surface area contributed by atoms with Gasteiger partial charge < -0.3 is 5.32 Å². The molecule has 0 heterocycles. The number of aryl methyl sites for hydroxylation is 2. The Hall–Kier alpha value is -2.34. The van der Waals surface area contributed by atoms with Crippen LogP contribution in [0.2, 0.25) is 0 Å². The predicted octanol–water partition coefficient (Wildman–Crippen LogP) is 4.17. The summed E-state index contributed by atoms with van der Waals surface area (Å²) in [4.78, 5) is 13.0. The van der Waals surface area contributed by atoms with Crippen molar-refractivity contribution in [1.29, 1.82) is 0 Å². The molecule has 2 aromatic carbocycles. The van der Waals surface area contributed by atoms with Crippen LogP contribution in [0.5, 0.6) is 0 Å². The molecule has 1 fully saturated rings. The largest absolute Gasteiger partial charge is 0.349 e. The van der Waals surface area contributed by atoms with Crippen LogP contribution in [0.1, 0.15) is 53.6 Å². The molecule has 0 atom stereocenters. The summed E-state index contributed by atoms with van der Waals surface area (Å²) in [5.74, 6) is -0.235. The SMILES string of the molecule is Cc1ccc(C)c(S(=O)(=O)Nc2ccccc2C(=O)NC2CCCCC2)c1. The van der Waals surface area contributed by atoms with Gasteiger partial charge in [0, 0.05) is 6.04 Å². The fourth-order valence-corrected chi connectivity index (χ4v) is 4.89. The second-order valence-corrected chi connectivity index (χ2v) is 8.88. The molecule has 1 amide bonds. The van der Waals surface area contributed by atoms with E-state index in [0.717, 1.165) is 31.2 Å². The van der Waals surface area contributed by atoms with Crippen LogP contribution in [-0.2, 0) is 10.0 Å². The Labute approximate surface area is 161 Å². The number of amides is 1. The van der Waals surface area contributed by atoms with E-state index in [4.69, 9.17) is 0 Å². The van der Waals surface area contributed by atoms with E-state index in [1.54, 1.807) is 43.3 Å². The van der Waals surface area contributed by atoms with Crippen LogP contribution in [0.25, 0.3) is 0 Å². The molecule has 2 aromatic rings. The number of carbonyl (C=O) groups is 1. The van der Waals surface area contributed by atoms with Gasteiger partial charge >= 0.3 is 0 Å². The summed E-state index contributed by atoms with van der Waals surface area (Å²) < 4.78 is 28.4. The van der Waals surface area contributed by atoms with Gasteiger partial charge in [0.25, 0.3) is 15.9 Å². The lowest BCUT2D eigenvalue weighted by atomic mass is 9.95. The average molecular weight is 387 g/mol. The molecule has 0 aliphatic heterocycles. The van der Waals surface area contributed by atoms with E-state index in [2.05, 4.69) is 10.0 Å². The van der Waals surface area contributed by atoms with Gasteiger partial charge in [-0.05, 0) is 56.0 Å². The second-order valence-electron chi connectivity index (χ2n) is 7.23. The van der Waals surface area contributed by atoms with Crippen molar-refractivity contribution < 1.29 is 13.2 Å². The van der Waals surface area contributed by atoms with E-state index in [9.17, 15) is 13.2 Å². The number of anilines is 1. The zero-order valence-corrected chi connectivity index (χ0v) is 16.6. The van der Waals surface area contributed by atoms with E-state index in [1.165, 1.54) is 6.42 Å². The van der Waals surface area contributed by atoms with Crippen LogP contribution < -0.4 is 10.0 Å². The number of hydrogen-bond donors (Lipinski definition) is 2. The van der Waals surface area contributed by atoms with E-state index < -0.39 is 10.0 Å². The third-order valence-electron chi connectivity index (χ3n) is 4.99. The third kappa shape index (κ3) is 4.69. The van der Waals surface area contributed by atoms with E-state index in [1.807, 2.05) is 13.0 Å². The van der Waals surface area contributed by atoms with Gasteiger partial charge in [-0.1, -0.05) is 43.5 Å². The number of carbonyl (C=O) groups excluding carboxylic acids is 1. The van der Waals surface area contributed by atoms with Crippen molar-refractivity contribution in [3.8, 4) is 0 Å². The summed E-state index contributed by atoms with van der Waals surface area (Å²) in [6, 6.07) is 12.2. The standard InChI is InChI=1S/C21H26N2O3S/c1-15-12-13-16(2)20(14-15)27(25,26)23-19-11-7-6-10-18(19)21(24)22-17-8-4-3-5-9-17/h6-7,10-14,17,23H,3-5,8-9H2,1-2H3,(H,22,24). The molecular formula is C21H26N2O3S. The van der Waals surface area contributed by atoms with Gasteiger partial charge in [-0.15, -0.1) is 0 Å². The predicted molar refractivity (Wildman–Crippen MR) is 108 cm³/mol. The molecule has 0 aromatic heterocycles. The molecule has 0 saturated heterocycles. The van der Waals surface area contributed by atoms with Gasteiger partial charge in [0.2, 0.25) is 0 Å². The zero-order chi connectivity index (χ0) is 19.4. The second kappa shape index (κ2) is 8.13. The number of nitrogens with one attached hydrogen (secondary N) is 2. The maximum atomic E-state index is 12.9. The van der Waals surface area contributed by atoms with Crippen molar-refractivity contribution in [2.45, 2.75) is 56.9 Å². The fraction of sp³-hybridized carbons (Fsp3) is 0.381. The van der Waals surface area contributed by atoms with Crippen LogP contribution in [0.3, 0.4) is 0 Å². The third-order valence-corrected chi connectivity index (χ3v) is 6.50. The first-order valence-electron chi connectivity index (χ1n) is 9.37. The highest BCUT2D eigenvalue weighted by molar-refractivity contribution is 7.92. The average Bonchev–Trinajstić information content (AvgIpc) is 2.64. The Kier molecular flexibility index (Phi) is 5.85. The molecule has 27 heavy (non-hydrogen) atoms. The van der Waals surface area contributed by atoms with Crippen molar-refractivity contribution in [2.75, 3.05) is 4.72 Å². The minimum Gasteiger partial charge on any atom is -0.349 e. The first kappa shape index (κ1) is 19.4. The van der Waals surface area contributed by atoms with Crippen molar-refractivity contribution in [1.82, 2.24) is 5.32 Å². The topological polar surface area (TPSA) is 75.3 Å². The molecule has 5 nitrogen and oxygen atoms in total. The molecule has 144 valence electrons. The normalized spacial score (nSPS) is 15.3. The molecular weight excluding hydrogens is 360 g/mol. The summed E-state index contributed by atoms with van der Waals surface area (Å²) in [5.41, 5.74) is 2.17. The summed E-state index contributed by atoms with van der Waals surface area (Å²) >= 11 is 0. The zero-order valence-electron chi connectivity index (χ0n) is 15.8. The number of sulfonamides is 1. The molecule has 3 rings (SSSR count). The maximum Gasteiger partial charge on any atom is 0.262 e. The molecule has 0 spiro atoms. The van der Waals surface area contributed by atoms with Gasteiger partial charge in [0.05, 0.1) is 16.1 Å². The van der Waals surface area contributed by atoms with Crippen molar-refractivity contribution in [3.05, 3.63) is 59.2 Å². The molecule has 1 aliphatic carbocycles. The van der Waals surface area contributed by atoms with Crippen molar-refractivity contribution in [2.24, 2.45) is 0 Å². The van der Waals surface area contributed by atoms with Crippen LogP contribution in [0.15, 0.2) is 47.4 Å². The van der Waals surface area contributed by atoms with Gasteiger partial charge in [-0.25, -0.2) is 8.42 Å². The van der Waals surface area contributed by atoms with Gasteiger partial charge in [0.15, 0.2) is 0 Å². The van der Waals surface area contributed by atoms with Crippen LogP contribution >= 0.6 is 0 Å². The summed E-state index contributed by atoms with van der Waals surface area (Å²) in [6.45, 7) is 3.61. The van der Waals surface area contributed by atoms with Gasteiger partial charge in [-0.3, -0.25) is 9.52 Å². The lowest BCUT2D eigenvalue weighted by Crippen LogP contribution is -2.36. The molecule has 0 radical (unpaired) electrons. The van der Waals surface area contributed by atoms with E-state index in [0.29, 0.717) is 16.8 Å². The van der Waals surface area contributed by atoms with Crippen LogP contribution in [0.4, 0.5) is 5.69 Å². The number of hydrogen-bond acceptors (Lipinski definition) is 3. The Balaban J connectivity index is 1.85. The quantitative estimate of drug-likeness (QED) is 0.810. The number of para-hydroxylation sites is 1. The minimum atomic E-state index is -3.79. The molecule has 6 heteroatoms. The van der Waals surface area contributed by atoms with Gasteiger partial charge in [0.1, 0.15) is 0 Å². The van der Waals surface area contributed by atoms with Crippen LogP contribution in [-0.4, -0.2) is 20.4 Å². The molecule has 0 bridgehead atoms. The van der Waals surface area contributed by atoms with Crippen molar-refractivity contribution >= 4 is 21.6 Å². The highest BCUT2D eigenvalue weighted by Crippen LogP contribution is 2.24. The molecule has 2 N–H and O–H groups in total. The lowest BCUT2D eigenvalue weighted by molar-refractivity contribution is 0.0928. The molecule has 1 aliphatic rings. The number of rotatable bonds is 5. The first-order chi connectivity index (χ1) is 12.9. The van der Waals surface area contributed by atoms with Crippen LogP contribution in [0, 0.1) is 13.8 Å². The summed E-state index contributed by atoms with van der Waals surface area (Å²) in [6.07, 6.45) is 5.39. The Morgan fingerprint density at radius 1 is 1.00 bits per heavy atom. The lowest BCUT2D eigenvalue weighted by Gasteiger charge is -2.23. The summed E-state index contributed by atoms with van der Waals surface area (Å²) in [7, 11) is -3.79. The van der Waals surface area contributed by atoms with E-state index >= 15 is 0 Å². The monoisotopic (exact) mass is 386 g/mol. The smallest absolute Gasteiger partial charge is 0.262 e. The van der Waals surface area contributed by atoms with E-state index in [-0.39, 0.29) is 16.8 Å². The fourth-order valence-electron chi connectivity index (χ4n) is 3.48. The highest BCUT2D eigenvalue weighted by Gasteiger charge is 2.22. The Morgan fingerprint density at radius 2 is 1.70 bits per heavy atom. The molecule has 1 saturated carbocycles. The number of benzene rings is 2. The first-order valence-corrected chi connectivity index (χ1v) is 10.8. The van der Waals surface area contributed by atoms with Gasteiger partial charge in [-0.2, -0.15) is 0 Å². The van der Waals surface area contributed by atoms with Crippen molar-refractivity contribution in [3.63, 3.8) is 0 Å². The Morgan fingerprint density at radius 3 is 2.44 bits per heavy atom. The molecule has 0 unspecified atom stereocenters. The Bertz CT molecular complexity index is 932. The maximum absolute atomic E-state index is 12.9. The minimum absolute atomic E-state index is 0.162. The highest BCUT2D eigenvalue weighted by atomic mass is 32.2. The summed E-state index contributed by atoms with van der Waals surface area (Å²) in [5, 5.41) is 3.05.